The Hall–Kier alpha value is -3.16. The molecule has 1 aliphatic heterocycles. The summed E-state index contributed by atoms with van der Waals surface area (Å²) in [5, 5.41) is 10.3. The number of hydrogen-bond donors (Lipinski definition) is 1. The molecule has 6 nitrogen and oxygen atoms in total. The molecule has 0 saturated heterocycles. The minimum absolute atomic E-state index is 0.112. The molecule has 2 heterocycles. The lowest BCUT2D eigenvalue weighted by atomic mass is 9.96. The van der Waals surface area contributed by atoms with Gasteiger partial charge in [0.2, 0.25) is 0 Å². The number of carbonyl (C=O) groups is 1. The summed E-state index contributed by atoms with van der Waals surface area (Å²) in [6, 6.07) is 13.0. The maximum Gasteiger partial charge on any atom is 0.338 e. The van der Waals surface area contributed by atoms with E-state index in [9.17, 15) is 14.7 Å². The van der Waals surface area contributed by atoms with Crippen LogP contribution in [0.2, 0.25) is 5.02 Å². The highest BCUT2D eigenvalue weighted by atomic mass is 35.5. The third kappa shape index (κ3) is 4.06. The number of carbonyl (C=O) groups excluding carboxylic acids is 1. The van der Waals surface area contributed by atoms with Crippen molar-refractivity contribution in [1.29, 1.82) is 0 Å². The Morgan fingerprint density at radius 2 is 2.03 bits per heavy atom. The van der Waals surface area contributed by atoms with E-state index in [0.29, 0.717) is 31.2 Å². The highest BCUT2D eigenvalue weighted by molar-refractivity contribution is 7.07. The van der Waals surface area contributed by atoms with Gasteiger partial charge in [-0.15, -0.1) is 0 Å². The molecule has 0 aliphatic carbocycles. The first-order chi connectivity index (χ1) is 14.9. The first-order valence-electron chi connectivity index (χ1n) is 9.63. The lowest BCUT2D eigenvalue weighted by molar-refractivity contribution is -0.139. The van der Waals surface area contributed by atoms with E-state index in [1.165, 1.54) is 15.9 Å². The number of ether oxygens (including phenoxy) is 1. The zero-order valence-electron chi connectivity index (χ0n) is 16.8. The molecule has 4 rings (SSSR count). The Bertz CT molecular complexity index is 1370. The molecule has 1 aromatic heterocycles. The highest BCUT2D eigenvalue weighted by Gasteiger charge is 2.33. The number of phenols is 1. The second-order valence-electron chi connectivity index (χ2n) is 6.95. The molecular weight excluding hydrogens is 436 g/mol. The van der Waals surface area contributed by atoms with Gasteiger partial charge in [0, 0.05) is 5.02 Å². The number of esters is 1. The fourth-order valence-electron chi connectivity index (χ4n) is 3.52. The molecule has 0 saturated carbocycles. The van der Waals surface area contributed by atoms with Gasteiger partial charge in [-0.3, -0.25) is 9.36 Å². The number of nitrogens with zero attached hydrogens (tertiary/aromatic N) is 2. The van der Waals surface area contributed by atoms with Crippen molar-refractivity contribution in [2.24, 2.45) is 4.99 Å². The van der Waals surface area contributed by atoms with Gasteiger partial charge in [0.15, 0.2) is 4.80 Å². The van der Waals surface area contributed by atoms with Crippen LogP contribution in [0, 0.1) is 0 Å². The van der Waals surface area contributed by atoms with Gasteiger partial charge < -0.3 is 9.84 Å². The number of phenolic OH excluding ortho intramolecular Hbond substituents is 1. The van der Waals surface area contributed by atoms with Gasteiger partial charge in [-0.05, 0) is 55.3 Å². The fraction of sp³-hybridized carbons (Fsp3) is 0.174. The molecule has 0 unspecified atom stereocenters. The first-order valence-corrected chi connectivity index (χ1v) is 10.8. The summed E-state index contributed by atoms with van der Waals surface area (Å²) in [6.07, 6.45) is 1.70. The quantitative estimate of drug-likeness (QED) is 0.614. The molecular formula is C23H19ClN2O4S. The van der Waals surface area contributed by atoms with Crippen molar-refractivity contribution < 1.29 is 14.6 Å². The van der Waals surface area contributed by atoms with Gasteiger partial charge in [0.1, 0.15) is 5.75 Å². The minimum atomic E-state index is -0.682. The largest absolute Gasteiger partial charge is 0.508 e. The standard InChI is InChI=1S/C23H19ClN2O4S/c1-3-30-22(29)19-13(2)25-23-26(20(19)15-7-9-16(24)10-8-15)21(28)18(31-23)12-14-5-4-6-17(27)11-14/h4-12,20,27H,3H2,1-2H3/b18-12+/t20-/m1/s1. The summed E-state index contributed by atoms with van der Waals surface area (Å²) in [5.74, 6) is -0.396. The van der Waals surface area contributed by atoms with E-state index in [-0.39, 0.29) is 17.9 Å². The molecule has 0 amide bonds. The number of halogens is 1. The van der Waals surface area contributed by atoms with E-state index in [0.717, 1.165) is 5.56 Å². The van der Waals surface area contributed by atoms with Gasteiger partial charge >= 0.3 is 5.97 Å². The first kappa shape index (κ1) is 21.1. The smallest absolute Gasteiger partial charge is 0.338 e. The third-order valence-corrected chi connectivity index (χ3v) is 6.11. The van der Waals surface area contributed by atoms with E-state index in [2.05, 4.69) is 4.99 Å². The zero-order valence-corrected chi connectivity index (χ0v) is 18.4. The lowest BCUT2D eigenvalue weighted by Crippen LogP contribution is -2.39. The van der Waals surface area contributed by atoms with Gasteiger partial charge in [-0.2, -0.15) is 0 Å². The number of aromatic hydroxyl groups is 1. The van der Waals surface area contributed by atoms with Crippen molar-refractivity contribution in [3.63, 3.8) is 0 Å². The summed E-state index contributed by atoms with van der Waals surface area (Å²) >= 11 is 7.28. The van der Waals surface area contributed by atoms with Crippen molar-refractivity contribution in [1.82, 2.24) is 4.57 Å². The van der Waals surface area contributed by atoms with Crippen LogP contribution in [0.15, 0.2) is 69.6 Å². The normalized spacial score (nSPS) is 16.1. The van der Waals surface area contributed by atoms with Crippen LogP contribution in [0.25, 0.3) is 6.08 Å². The fourth-order valence-corrected chi connectivity index (χ4v) is 4.69. The molecule has 1 atom stereocenters. The summed E-state index contributed by atoms with van der Waals surface area (Å²) in [4.78, 5) is 31.2. The van der Waals surface area contributed by atoms with E-state index in [4.69, 9.17) is 16.3 Å². The highest BCUT2D eigenvalue weighted by Crippen LogP contribution is 2.31. The molecule has 2 aromatic carbocycles. The van der Waals surface area contributed by atoms with Crippen LogP contribution in [-0.2, 0) is 9.53 Å². The Kier molecular flexibility index (Phi) is 5.80. The molecule has 158 valence electrons. The molecule has 0 bridgehead atoms. The SMILES string of the molecule is CCOC(=O)C1=C(C)N=c2s/c(=C/c3cccc(O)c3)c(=O)n2[C@@H]1c1ccc(Cl)cc1. The van der Waals surface area contributed by atoms with Crippen LogP contribution in [0.5, 0.6) is 5.75 Å². The summed E-state index contributed by atoms with van der Waals surface area (Å²) in [7, 11) is 0. The third-order valence-electron chi connectivity index (χ3n) is 4.87. The zero-order chi connectivity index (χ0) is 22.1. The van der Waals surface area contributed by atoms with Gasteiger partial charge in [-0.25, -0.2) is 9.79 Å². The number of rotatable bonds is 4. The lowest BCUT2D eigenvalue weighted by Gasteiger charge is -2.24. The van der Waals surface area contributed by atoms with E-state index in [1.54, 1.807) is 68.5 Å². The predicted molar refractivity (Wildman–Crippen MR) is 120 cm³/mol. The number of thiazole rings is 1. The molecule has 0 radical (unpaired) electrons. The van der Waals surface area contributed by atoms with Crippen molar-refractivity contribution >= 4 is 35.0 Å². The number of fused-ring (bicyclic) bond motifs is 1. The molecule has 31 heavy (non-hydrogen) atoms. The molecule has 3 aromatic rings. The Labute approximate surface area is 187 Å². The monoisotopic (exact) mass is 454 g/mol. The van der Waals surface area contributed by atoms with E-state index >= 15 is 0 Å². The Morgan fingerprint density at radius 3 is 2.71 bits per heavy atom. The second-order valence-corrected chi connectivity index (χ2v) is 8.39. The van der Waals surface area contributed by atoms with Crippen LogP contribution >= 0.6 is 22.9 Å². The summed E-state index contributed by atoms with van der Waals surface area (Å²) < 4.78 is 7.23. The topological polar surface area (TPSA) is 80.9 Å². The number of allylic oxidation sites excluding steroid dienone is 1. The Morgan fingerprint density at radius 1 is 1.29 bits per heavy atom. The summed E-state index contributed by atoms with van der Waals surface area (Å²) in [6.45, 7) is 3.68. The van der Waals surface area contributed by atoms with Gasteiger partial charge in [-0.1, -0.05) is 47.2 Å². The van der Waals surface area contributed by atoms with Crippen LogP contribution in [0.1, 0.15) is 31.0 Å². The van der Waals surface area contributed by atoms with Gasteiger partial charge in [0.05, 0.1) is 28.5 Å². The Balaban J connectivity index is 1.96. The van der Waals surface area contributed by atoms with Crippen molar-refractivity contribution in [2.45, 2.75) is 19.9 Å². The van der Waals surface area contributed by atoms with Crippen LogP contribution in [0.3, 0.4) is 0 Å². The van der Waals surface area contributed by atoms with Gasteiger partial charge in [0.25, 0.3) is 5.56 Å². The van der Waals surface area contributed by atoms with Crippen LogP contribution in [-0.4, -0.2) is 22.2 Å². The molecule has 1 N–H and O–H groups in total. The van der Waals surface area contributed by atoms with E-state index < -0.39 is 12.0 Å². The van der Waals surface area contributed by atoms with E-state index in [1.807, 2.05) is 0 Å². The van der Waals surface area contributed by atoms with Crippen molar-refractivity contribution in [3.05, 3.63) is 95.6 Å². The van der Waals surface area contributed by atoms with Crippen LogP contribution < -0.4 is 14.9 Å². The maximum absolute atomic E-state index is 13.4. The van der Waals surface area contributed by atoms with Crippen molar-refractivity contribution in [2.75, 3.05) is 6.61 Å². The van der Waals surface area contributed by atoms with Crippen molar-refractivity contribution in [3.8, 4) is 5.75 Å². The average molecular weight is 455 g/mol. The number of aromatic nitrogens is 1. The maximum atomic E-state index is 13.4. The number of benzene rings is 2. The molecule has 0 fully saturated rings. The average Bonchev–Trinajstić information content (AvgIpc) is 3.02. The minimum Gasteiger partial charge on any atom is -0.508 e. The molecule has 0 spiro atoms. The molecule has 8 heteroatoms. The summed E-state index contributed by atoms with van der Waals surface area (Å²) in [5.41, 5.74) is 1.96. The molecule has 1 aliphatic rings. The van der Waals surface area contributed by atoms with Crippen LogP contribution in [0.4, 0.5) is 0 Å². The second kappa shape index (κ2) is 8.53. The number of hydrogen-bond acceptors (Lipinski definition) is 6. The predicted octanol–water partition coefficient (Wildman–Crippen LogP) is 3.16.